The van der Waals surface area contributed by atoms with E-state index in [1.54, 1.807) is 0 Å². The van der Waals surface area contributed by atoms with E-state index < -0.39 is 0 Å². The molecule has 0 atom stereocenters. The Morgan fingerprint density at radius 1 is 1.14 bits per heavy atom. The minimum absolute atomic E-state index is 0. The fourth-order valence-corrected chi connectivity index (χ4v) is 4.12. The first-order chi connectivity index (χ1) is 13.1. The Hall–Kier alpha value is -2.38. The van der Waals surface area contributed by atoms with Crippen molar-refractivity contribution in [3.05, 3.63) is 36.0 Å². The lowest BCUT2D eigenvalue weighted by atomic mass is 9.91. The predicted octanol–water partition coefficient (Wildman–Crippen LogP) is 3.18. The van der Waals surface area contributed by atoms with Crippen molar-refractivity contribution in [3.63, 3.8) is 0 Å². The molecule has 28 heavy (non-hydrogen) atoms. The van der Waals surface area contributed by atoms with Crippen molar-refractivity contribution in [1.29, 1.82) is 0 Å². The van der Waals surface area contributed by atoms with E-state index in [4.69, 9.17) is 15.7 Å². The van der Waals surface area contributed by atoms with Crippen LogP contribution in [0.15, 0.2) is 30.5 Å². The molecule has 0 aliphatic carbocycles. The van der Waals surface area contributed by atoms with E-state index in [-0.39, 0.29) is 17.9 Å². The largest absolute Gasteiger partial charge is 0.355 e. The third-order valence-electron chi connectivity index (χ3n) is 5.83. The number of halogens is 1. The van der Waals surface area contributed by atoms with Crippen molar-refractivity contribution in [2.45, 2.75) is 38.1 Å². The lowest BCUT2D eigenvalue weighted by Gasteiger charge is -2.37. The Bertz CT molecular complexity index is 974. The number of nitrogens with zero attached hydrogens (tertiary/aromatic N) is 5. The van der Waals surface area contributed by atoms with Gasteiger partial charge in [0, 0.05) is 30.9 Å². The van der Waals surface area contributed by atoms with Crippen molar-refractivity contribution < 1.29 is 0 Å². The van der Waals surface area contributed by atoms with Crippen LogP contribution in [0.25, 0.3) is 11.2 Å². The topological polar surface area (TPSA) is 87.0 Å². The summed E-state index contributed by atoms with van der Waals surface area (Å²) < 4.78 is 0. The van der Waals surface area contributed by atoms with E-state index in [0.717, 1.165) is 68.1 Å². The molecule has 4 heterocycles. The van der Waals surface area contributed by atoms with Gasteiger partial charge in [0.25, 0.3) is 0 Å². The number of fused-ring (bicyclic) bond motifs is 2. The quantitative estimate of drug-likeness (QED) is 0.688. The molecule has 2 aromatic heterocycles. The molecule has 2 aliphatic heterocycles. The first-order valence-electron chi connectivity index (χ1n) is 9.71. The standard InChI is InChI=1S/C20H25N7.ClH/c1-20(21)8-11-26(12-9-20)16-13-22-17-18(23-16)24-25-19(17)27-10-4-6-14-5-2-3-7-15(14)27;/h2-3,5,7,13H,4,6,8-12,21H2,1H3,(H,23,24,25);1H. The summed E-state index contributed by atoms with van der Waals surface area (Å²) in [7, 11) is 0. The van der Waals surface area contributed by atoms with Gasteiger partial charge < -0.3 is 15.5 Å². The first-order valence-corrected chi connectivity index (χ1v) is 9.71. The third-order valence-corrected chi connectivity index (χ3v) is 5.83. The first kappa shape index (κ1) is 19.0. The number of aromatic nitrogens is 4. The Balaban J connectivity index is 0.00000192. The average molecular weight is 400 g/mol. The van der Waals surface area contributed by atoms with Crippen LogP contribution in [0.1, 0.15) is 31.7 Å². The number of nitrogens with two attached hydrogens (primary N) is 1. The number of piperidine rings is 1. The molecule has 7 nitrogen and oxygen atoms in total. The van der Waals surface area contributed by atoms with Crippen molar-refractivity contribution in [2.75, 3.05) is 29.4 Å². The zero-order chi connectivity index (χ0) is 18.4. The van der Waals surface area contributed by atoms with Crippen molar-refractivity contribution in [3.8, 4) is 0 Å². The number of anilines is 3. The van der Waals surface area contributed by atoms with Gasteiger partial charge in [-0.25, -0.2) is 9.97 Å². The van der Waals surface area contributed by atoms with E-state index >= 15 is 0 Å². The Kier molecular flexibility index (Phi) is 4.89. The van der Waals surface area contributed by atoms with Crippen molar-refractivity contribution in [1.82, 2.24) is 20.2 Å². The molecule has 0 saturated carbocycles. The lowest BCUT2D eigenvalue weighted by molar-refractivity contribution is 0.363. The van der Waals surface area contributed by atoms with Crippen LogP contribution in [-0.4, -0.2) is 45.3 Å². The summed E-state index contributed by atoms with van der Waals surface area (Å²) >= 11 is 0. The number of hydrogen-bond donors (Lipinski definition) is 2. The van der Waals surface area contributed by atoms with Gasteiger partial charge in [-0.2, -0.15) is 5.10 Å². The minimum atomic E-state index is -0.0726. The molecule has 0 unspecified atom stereocenters. The summed E-state index contributed by atoms with van der Waals surface area (Å²) in [5, 5.41) is 7.66. The van der Waals surface area contributed by atoms with E-state index in [1.807, 2.05) is 6.20 Å². The molecule has 148 valence electrons. The number of para-hydroxylation sites is 1. The number of benzene rings is 1. The van der Waals surface area contributed by atoms with Crippen LogP contribution in [0.3, 0.4) is 0 Å². The number of aromatic amines is 1. The molecule has 1 saturated heterocycles. The second-order valence-electron chi connectivity index (χ2n) is 8.00. The van der Waals surface area contributed by atoms with Crippen LogP contribution in [0, 0.1) is 0 Å². The number of hydrogen-bond acceptors (Lipinski definition) is 6. The average Bonchev–Trinajstić information content (AvgIpc) is 3.10. The van der Waals surface area contributed by atoms with Gasteiger partial charge in [0.05, 0.1) is 6.20 Å². The highest BCUT2D eigenvalue weighted by atomic mass is 35.5. The monoisotopic (exact) mass is 399 g/mol. The SMILES string of the molecule is CC1(N)CCN(c2cnc3c(N4CCCc5ccccc54)n[nH]c3n2)CC1.Cl. The number of rotatable bonds is 2. The van der Waals surface area contributed by atoms with Gasteiger partial charge in [0.2, 0.25) is 0 Å². The lowest BCUT2D eigenvalue weighted by Crippen LogP contribution is -2.48. The Labute approximate surface area is 170 Å². The third kappa shape index (κ3) is 3.29. The zero-order valence-electron chi connectivity index (χ0n) is 16.1. The molecule has 0 radical (unpaired) electrons. The van der Waals surface area contributed by atoms with Crippen LogP contribution in [-0.2, 0) is 6.42 Å². The fraction of sp³-hybridized carbons (Fsp3) is 0.450. The molecule has 0 spiro atoms. The van der Waals surface area contributed by atoms with Crippen LogP contribution in [0.4, 0.5) is 17.3 Å². The van der Waals surface area contributed by atoms with Crippen LogP contribution < -0.4 is 15.5 Å². The van der Waals surface area contributed by atoms with Gasteiger partial charge in [0.15, 0.2) is 17.0 Å². The maximum atomic E-state index is 6.25. The molecule has 3 N–H and O–H groups in total. The molecule has 3 aromatic rings. The minimum Gasteiger partial charge on any atom is -0.355 e. The van der Waals surface area contributed by atoms with Crippen LogP contribution in [0.2, 0.25) is 0 Å². The van der Waals surface area contributed by atoms with E-state index in [0.29, 0.717) is 0 Å². The molecule has 5 rings (SSSR count). The highest BCUT2D eigenvalue weighted by molar-refractivity contribution is 5.87. The smallest absolute Gasteiger partial charge is 0.183 e. The van der Waals surface area contributed by atoms with Gasteiger partial charge in [-0.15, -0.1) is 12.4 Å². The van der Waals surface area contributed by atoms with Crippen molar-refractivity contribution in [2.24, 2.45) is 5.73 Å². The van der Waals surface area contributed by atoms with Crippen molar-refractivity contribution >= 4 is 40.9 Å². The number of nitrogens with one attached hydrogen (secondary N) is 1. The second-order valence-corrected chi connectivity index (χ2v) is 8.00. The summed E-state index contributed by atoms with van der Waals surface area (Å²) in [4.78, 5) is 14.0. The van der Waals surface area contributed by atoms with Gasteiger partial charge in [-0.1, -0.05) is 18.2 Å². The van der Waals surface area contributed by atoms with E-state index in [9.17, 15) is 0 Å². The molecular weight excluding hydrogens is 374 g/mol. The fourth-order valence-electron chi connectivity index (χ4n) is 4.12. The maximum absolute atomic E-state index is 6.25. The number of H-pyrrole nitrogens is 1. The van der Waals surface area contributed by atoms with E-state index in [2.05, 4.69) is 51.2 Å². The maximum Gasteiger partial charge on any atom is 0.183 e. The molecule has 0 bridgehead atoms. The van der Waals surface area contributed by atoms with Crippen LogP contribution >= 0.6 is 12.4 Å². The molecule has 1 fully saturated rings. The summed E-state index contributed by atoms with van der Waals surface area (Å²) in [6.07, 6.45) is 6.02. The van der Waals surface area contributed by atoms with E-state index in [1.165, 1.54) is 11.3 Å². The Morgan fingerprint density at radius 3 is 2.75 bits per heavy atom. The van der Waals surface area contributed by atoms with Crippen LogP contribution in [0.5, 0.6) is 0 Å². The van der Waals surface area contributed by atoms with Gasteiger partial charge in [-0.05, 0) is 44.2 Å². The predicted molar refractivity (Wildman–Crippen MR) is 115 cm³/mol. The summed E-state index contributed by atoms with van der Waals surface area (Å²) in [5.74, 6) is 1.76. The molecule has 8 heteroatoms. The summed E-state index contributed by atoms with van der Waals surface area (Å²) in [6.45, 7) is 4.89. The van der Waals surface area contributed by atoms with Gasteiger partial charge in [0.1, 0.15) is 5.82 Å². The summed E-state index contributed by atoms with van der Waals surface area (Å²) in [5.41, 5.74) is 10.3. The molecule has 1 aromatic carbocycles. The van der Waals surface area contributed by atoms with Gasteiger partial charge >= 0.3 is 0 Å². The molecular formula is C20H26ClN7. The highest BCUT2D eigenvalue weighted by Crippen LogP contribution is 2.35. The zero-order valence-corrected chi connectivity index (χ0v) is 16.9. The highest BCUT2D eigenvalue weighted by Gasteiger charge is 2.27. The second kappa shape index (κ2) is 7.22. The van der Waals surface area contributed by atoms with Gasteiger partial charge in [-0.3, -0.25) is 5.10 Å². The Morgan fingerprint density at radius 2 is 1.93 bits per heavy atom. The molecule has 0 amide bonds. The molecule has 2 aliphatic rings. The normalized spacial score (nSPS) is 18.6. The summed E-state index contributed by atoms with van der Waals surface area (Å²) in [6, 6.07) is 8.54. The number of aryl methyl sites for hydroxylation is 1.